The molecule has 5 nitrogen and oxygen atoms in total. The van der Waals surface area contributed by atoms with Crippen LogP contribution in [0.5, 0.6) is 0 Å². The Morgan fingerprint density at radius 2 is 1.74 bits per heavy atom. The monoisotopic (exact) mass is 376 g/mol. The van der Waals surface area contributed by atoms with Crippen molar-refractivity contribution in [2.75, 3.05) is 7.11 Å². The van der Waals surface area contributed by atoms with Gasteiger partial charge in [0.15, 0.2) is 4.80 Å². The first-order valence-electron chi connectivity index (χ1n) is 8.39. The molecule has 1 amide bonds. The Kier molecular flexibility index (Phi) is 4.56. The summed E-state index contributed by atoms with van der Waals surface area (Å²) in [6.45, 7) is 0.00431. The highest BCUT2D eigenvalue weighted by Gasteiger charge is 2.12. The molecule has 27 heavy (non-hydrogen) atoms. The largest absolute Gasteiger partial charge is 0.468 e. The lowest BCUT2D eigenvalue weighted by atomic mass is 10.1. The number of ether oxygens (including phenoxy) is 1. The van der Waals surface area contributed by atoms with E-state index in [1.165, 1.54) is 18.4 Å². The molecule has 1 aromatic heterocycles. The first kappa shape index (κ1) is 17.2. The van der Waals surface area contributed by atoms with Crippen molar-refractivity contribution in [2.45, 2.75) is 6.54 Å². The van der Waals surface area contributed by atoms with Gasteiger partial charge in [0.25, 0.3) is 5.91 Å². The van der Waals surface area contributed by atoms with E-state index < -0.39 is 5.97 Å². The Morgan fingerprint density at radius 1 is 1.00 bits per heavy atom. The zero-order valence-corrected chi connectivity index (χ0v) is 15.4. The normalized spacial score (nSPS) is 11.8. The number of carbonyl (C=O) groups excluding carboxylic acids is 2. The summed E-state index contributed by atoms with van der Waals surface area (Å²) in [6.07, 6.45) is 0. The Balaban J connectivity index is 1.82. The van der Waals surface area contributed by atoms with Crippen molar-refractivity contribution in [3.63, 3.8) is 0 Å². The van der Waals surface area contributed by atoms with Crippen LogP contribution < -0.4 is 4.80 Å². The molecular formula is C21H16N2O3S. The van der Waals surface area contributed by atoms with Crippen molar-refractivity contribution in [1.29, 1.82) is 0 Å². The van der Waals surface area contributed by atoms with Gasteiger partial charge in [0.05, 0.1) is 17.3 Å². The maximum absolute atomic E-state index is 12.8. The lowest BCUT2D eigenvalue weighted by molar-refractivity contribution is -0.141. The zero-order chi connectivity index (χ0) is 18.8. The van der Waals surface area contributed by atoms with Crippen LogP contribution in [0.2, 0.25) is 0 Å². The van der Waals surface area contributed by atoms with Gasteiger partial charge in [0.1, 0.15) is 6.54 Å². The average Bonchev–Trinajstić information content (AvgIpc) is 3.04. The summed E-state index contributed by atoms with van der Waals surface area (Å²) in [5, 5.41) is 2.05. The predicted octanol–water partition coefficient (Wildman–Crippen LogP) is 3.77. The van der Waals surface area contributed by atoms with E-state index in [-0.39, 0.29) is 12.5 Å². The molecule has 0 fully saturated rings. The summed E-state index contributed by atoms with van der Waals surface area (Å²) in [7, 11) is 1.34. The minimum atomic E-state index is -0.391. The number of rotatable bonds is 3. The first-order chi connectivity index (χ1) is 13.2. The molecule has 134 valence electrons. The number of thiazole rings is 1. The van der Waals surface area contributed by atoms with Gasteiger partial charge >= 0.3 is 5.97 Å². The van der Waals surface area contributed by atoms with Crippen LogP contribution in [0.4, 0.5) is 0 Å². The molecule has 4 aromatic rings. The summed E-state index contributed by atoms with van der Waals surface area (Å²) in [6, 6.07) is 21.0. The van der Waals surface area contributed by atoms with E-state index in [0.29, 0.717) is 10.4 Å². The number of amides is 1. The molecule has 0 saturated heterocycles. The lowest BCUT2D eigenvalue weighted by Crippen LogP contribution is -2.22. The quantitative estimate of drug-likeness (QED) is 0.512. The van der Waals surface area contributed by atoms with Crippen LogP contribution in [0.15, 0.2) is 71.7 Å². The smallest absolute Gasteiger partial charge is 0.325 e. The second kappa shape index (κ2) is 7.17. The van der Waals surface area contributed by atoms with Gasteiger partial charge in [0, 0.05) is 5.56 Å². The van der Waals surface area contributed by atoms with Crippen LogP contribution in [0, 0.1) is 0 Å². The second-order valence-electron chi connectivity index (χ2n) is 5.99. The molecule has 0 radical (unpaired) electrons. The van der Waals surface area contributed by atoms with Gasteiger partial charge < -0.3 is 9.30 Å². The number of hydrogen-bond acceptors (Lipinski definition) is 4. The Labute approximate surface area is 159 Å². The van der Waals surface area contributed by atoms with Crippen molar-refractivity contribution in [2.24, 2.45) is 4.99 Å². The fraction of sp³-hybridized carbons (Fsp3) is 0.0952. The highest BCUT2D eigenvalue weighted by Crippen LogP contribution is 2.18. The third-order valence-electron chi connectivity index (χ3n) is 4.30. The predicted molar refractivity (Wildman–Crippen MR) is 106 cm³/mol. The lowest BCUT2D eigenvalue weighted by Gasteiger charge is -2.03. The minimum Gasteiger partial charge on any atom is -0.468 e. The van der Waals surface area contributed by atoms with Crippen LogP contribution in [-0.2, 0) is 16.1 Å². The van der Waals surface area contributed by atoms with Crippen molar-refractivity contribution < 1.29 is 14.3 Å². The first-order valence-corrected chi connectivity index (χ1v) is 9.20. The van der Waals surface area contributed by atoms with Gasteiger partial charge in [0.2, 0.25) is 0 Å². The Hall–Kier alpha value is -3.25. The molecule has 0 bridgehead atoms. The van der Waals surface area contributed by atoms with Gasteiger partial charge in [-0.25, -0.2) is 0 Å². The van der Waals surface area contributed by atoms with E-state index in [1.54, 1.807) is 10.6 Å². The number of carbonyl (C=O) groups is 2. The molecule has 0 aliphatic carbocycles. The Morgan fingerprint density at radius 3 is 2.56 bits per heavy atom. The fourth-order valence-electron chi connectivity index (χ4n) is 2.93. The van der Waals surface area contributed by atoms with Crippen LogP contribution in [0.3, 0.4) is 0 Å². The SMILES string of the molecule is COC(=O)Cn1c(=NC(=O)c2ccc3ccccc3c2)sc2ccccc21. The number of benzene rings is 3. The molecule has 0 aliphatic rings. The number of nitrogens with zero attached hydrogens (tertiary/aromatic N) is 2. The van der Waals surface area contributed by atoms with Gasteiger partial charge in [-0.1, -0.05) is 53.8 Å². The number of esters is 1. The van der Waals surface area contributed by atoms with E-state index in [2.05, 4.69) is 4.99 Å². The number of aromatic nitrogens is 1. The maximum Gasteiger partial charge on any atom is 0.325 e. The molecule has 0 unspecified atom stereocenters. The molecule has 1 heterocycles. The third-order valence-corrected chi connectivity index (χ3v) is 5.36. The summed E-state index contributed by atoms with van der Waals surface area (Å²) < 4.78 is 7.45. The standard InChI is InChI=1S/C21H16N2O3S/c1-26-19(24)13-23-17-8-4-5-9-18(17)27-21(23)22-20(25)16-11-10-14-6-2-3-7-15(14)12-16/h2-12H,13H2,1H3. The van der Waals surface area contributed by atoms with Crippen molar-refractivity contribution in [1.82, 2.24) is 4.57 Å². The van der Waals surface area contributed by atoms with Gasteiger partial charge in [-0.15, -0.1) is 0 Å². The summed E-state index contributed by atoms with van der Waals surface area (Å²) >= 11 is 1.37. The van der Waals surface area contributed by atoms with Crippen molar-refractivity contribution >= 4 is 44.2 Å². The zero-order valence-electron chi connectivity index (χ0n) is 14.6. The molecule has 0 aliphatic heterocycles. The molecule has 6 heteroatoms. The Bertz CT molecular complexity index is 1240. The number of methoxy groups -OCH3 is 1. The van der Waals surface area contributed by atoms with E-state index in [4.69, 9.17) is 4.74 Å². The maximum atomic E-state index is 12.8. The van der Waals surface area contributed by atoms with Gasteiger partial charge in [-0.3, -0.25) is 9.59 Å². The molecule has 0 N–H and O–H groups in total. The van der Waals surface area contributed by atoms with Crippen LogP contribution in [0.1, 0.15) is 10.4 Å². The topological polar surface area (TPSA) is 60.7 Å². The second-order valence-corrected chi connectivity index (χ2v) is 7.00. The number of para-hydroxylation sites is 1. The highest BCUT2D eigenvalue weighted by atomic mass is 32.1. The molecule has 0 saturated carbocycles. The minimum absolute atomic E-state index is 0.00431. The van der Waals surface area contributed by atoms with Crippen LogP contribution in [0.25, 0.3) is 21.0 Å². The molecular weight excluding hydrogens is 360 g/mol. The van der Waals surface area contributed by atoms with Crippen LogP contribution >= 0.6 is 11.3 Å². The average molecular weight is 376 g/mol. The fourth-order valence-corrected chi connectivity index (χ4v) is 3.95. The van der Waals surface area contributed by atoms with E-state index >= 15 is 0 Å². The van der Waals surface area contributed by atoms with Gasteiger partial charge in [-0.2, -0.15) is 4.99 Å². The highest BCUT2D eigenvalue weighted by molar-refractivity contribution is 7.16. The van der Waals surface area contributed by atoms with E-state index in [9.17, 15) is 9.59 Å². The van der Waals surface area contributed by atoms with Crippen molar-refractivity contribution in [3.8, 4) is 0 Å². The summed E-state index contributed by atoms with van der Waals surface area (Å²) in [5.74, 6) is -0.732. The van der Waals surface area contributed by atoms with E-state index in [1.807, 2.05) is 60.7 Å². The summed E-state index contributed by atoms with van der Waals surface area (Å²) in [5.41, 5.74) is 1.36. The number of hydrogen-bond donors (Lipinski definition) is 0. The van der Waals surface area contributed by atoms with Crippen LogP contribution in [-0.4, -0.2) is 23.6 Å². The summed E-state index contributed by atoms with van der Waals surface area (Å²) in [4.78, 5) is 29.3. The van der Waals surface area contributed by atoms with Crippen molar-refractivity contribution in [3.05, 3.63) is 77.1 Å². The molecule has 3 aromatic carbocycles. The molecule has 4 rings (SSSR count). The number of fused-ring (bicyclic) bond motifs is 2. The molecule has 0 spiro atoms. The molecule has 0 atom stereocenters. The third kappa shape index (κ3) is 3.39. The van der Waals surface area contributed by atoms with Gasteiger partial charge in [-0.05, 0) is 35.0 Å². The van der Waals surface area contributed by atoms with E-state index in [0.717, 1.165) is 21.0 Å².